The van der Waals surface area contributed by atoms with Crippen molar-refractivity contribution >= 4 is 23.0 Å². The minimum atomic E-state index is -0.557. The van der Waals surface area contributed by atoms with Crippen LogP contribution in [0.15, 0.2) is 42.5 Å². The number of likely N-dealkylation sites (N-methyl/N-ethyl adjacent to an activating group) is 1. The Hall–Kier alpha value is -3.40. The fourth-order valence-corrected chi connectivity index (χ4v) is 2.50. The molecule has 0 aliphatic carbocycles. The minimum absolute atomic E-state index is 0.0184. The minimum Gasteiger partial charge on any atom is -0.364 e. The highest BCUT2D eigenvalue weighted by Gasteiger charge is 2.16. The van der Waals surface area contributed by atoms with Gasteiger partial charge in [0.25, 0.3) is 5.69 Å². The zero-order chi connectivity index (χ0) is 18.4. The van der Waals surface area contributed by atoms with Crippen molar-refractivity contribution < 1.29 is 9.72 Å². The molecule has 0 aromatic heterocycles. The van der Waals surface area contributed by atoms with E-state index in [1.807, 2.05) is 37.3 Å². The van der Waals surface area contributed by atoms with Gasteiger partial charge in [0.1, 0.15) is 6.07 Å². The van der Waals surface area contributed by atoms with Crippen LogP contribution in [0.3, 0.4) is 0 Å². The number of benzene rings is 2. The van der Waals surface area contributed by atoms with Crippen LogP contribution in [0.1, 0.15) is 18.1 Å². The molecule has 1 N–H and O–H groups in total. The summed E-state index contributed by atoms with van der Waals surface area (Å²) in [7, 11) is 1.66. The van der Waals surface area contributed by atoms with E-state index in [0.717, 1.165) is 17.7 Å². The third-order valence-corrected chi connectivity index (χ3v) is 3.78. The van der Waals surface area contributed by atoms with Crippen LogP contribution in [-0.4, -0.2) is 24.4 Å². The fraction of sp³-hybridized carbons (Fsp3) is 0.222. The lowest BCUT2D eigenvalue weighted by Gasteiger charge is -2.20. The maximum atomic E-state index is 12.3. The van der Waals surface area contributed by atoms with Crippen molar-refractivity contribution in [2.45, 2.75) is 13.3 Å². The summed E-state index contributed by atoms with van der Waals surface area (Å²) in [5.74, 6) is -0.231. The highest BCUT2D eigenvalue weighted by molar-refractivity contribution is 5.94. The van der Waals surface area contributed by atoms with Crippen molar-refractivity contribution in [1.82, 2.24) is 0 Å². The average molecular weight is 338 g/mol. The second kappa shape index (κ2) is 7.93. The summed E-state index contributed by atoms with van der Waals surface area (Å²) in [5.41, 5.74) is 2.25. The van der Waals surface area contributed by atoms with Gasteiger partial charge in [-0.15, -0.1) is 0 Å². The Bertz CT molecular complexity index is 842. The molecule has 0 aliphatic heterocycles. The number of hydrogen-bond acceptors (Lipinski definition) is 5. The van der Waals surface area contributed by atoms with Crippen LogP contribution in [0, 0.1) is 21.4 Å². The number of nitrogens with zero attached hydrogens (tertiary/aromatic N) is 3. The number of carbonyl (C=O) groups is 1. The summed E-state index contributed by atoms with van der Waals surface area (Å²) in [6, 6.07) is 13.5. The van der Waals surface area contributed by atoms with Crippen molar-refractivity contribution in [3.63, 3.8) is 0 Å². The Morgan fingerprint density at radius 1 is 1.32 bits per heavy atom. The van der Waals surface area contributed by atoms with E-state index in [0.29, 0.717) is 5.69 Å². The lowest BCUT2D eigenvalue weighted by molar-refractivity contribution is -0.384. The zero-order valence-electron chi connectivity index (χ0n) is 14.0. The van der Waals surface area contributed by atoms with Crippen molar-refractivity contribution in [1.29, 1.82) is 5.26 Å². The van der Waals surface area contributed by atoms with Gasteiger partial charge in [0.05, 0.1) is 22.7 Å². The monoisotopic (exact) mass is 338 g/mol. The van der Waals surface area contributed by atoms with Crippen LogP contribution in [-0.2, 0) is 11.2 Å². The van der Waals surface area contributed by atoms with Crippen LogP contribution in [0.2, 0.25) is 0 Å². The predicted octanol–water partition coefficient (Wildman–Crippen LogP) is 3.10. The number of hydrogen-bond donors (Lipinski definition) is 1. The first-order valence-corrected chi connectivity index (χ1v) is 7.73. The number of para-hydroxylation sites is 1. The van der Waals surface area contributed by atoms with Crippen molar-refractivity contribution in [2.24, 2.45) is 0 Å². The maximum Gasteiger partial charge on any atom is 0.270 e. The number of anilines is 2. The SMILES string of the molecule is CCc1ccccc1NC(=O)CN(C)c1ccc([N+](=O)[O-])cc1C#N. The molecular weight excluding hydrogens is 320 g/mol. The number of rotatable bonds is 6. The molecule has 7 nitrogen and oxygen atoms in total. The van der Waals surface area contributed by atoms with Gasteiger partial charge in [0.15, 0.2) is 0 Å². The number of nitriles is 1. The molecule has 2 aromatic rings. The van der Waals surface area contributed by atoms with E-state index in [1.54, 1.807) is 11.9 Å². The van der Waals surface area contributed by atoms with E-state index in [-0.39, 0.29) is 23.7 Å². The van der Waals surface area contributed by atoms with Gasteiger partial charge in [0.2, 0.25) is 5.91 Å². The first-order chi connectivity index (χ1) is 12.0. The first-order valence-electron chi connectivity index (χ1n) is 7.73. The average Bonchev–Trinajstić information content (AvgIpc) is 2.61. The molecule has 0 bridgehead atoms. The van der Waals surface area contributed by atoms with E-state index < -0.39 is 4.92 Å². The molecule has 0 aliphatic rings. The molecule has 0 atom stereocenters. The van der Waals surface area contributed by atoms with Crippen molar-refractivity contribution in [3.8, 4) is 6.07 Å². The van der Waals surface area contributed by atoms with Gasteiger partial charge >= 0.3 is 0 Å². The van der Waals surface area contributed by atoms with Gasteiger partial charge in [-0.3, -0.25) is 14.9 Å². The van der Waals surface area contributed by atoms with Crippen LogP contribution >= 0.6 is 0 Å². The largest absolute Gasteiger partial charge is 0.364 e. The third-order valence-electron chi connectivity index (χ3n) is 3.78. The second-order valence-electron chi connectivity index (χ2n) is 5.49. The van der Waals surface area contributed by atoms with Gasteiger partial charge in [-0.05, 0) is 24.1 Å². The lowest BCUT2D eigenvalue weighted by atomic mass is 10.1. The quantitative estimate of drug-likeness (QED) is 0.644. The highest BCUT2D eigenvalue weighted by atomic mass is 16.6. The summed E-state index contributed by atoms with van der Waals surface area (Å²) in [6.45, 7) is 2.03. The second-order valence-corrected chi connectivity index (χ2v) is 5.49. The number of nitro benzene ring substituents is 1. The molecule has 0 spiro atoms. The smallest absolute Gasteiger partial charge is 0.270 e. The van der Waals surface area contributed by atoms with Crippen LogP contribution in [0.5, 0.6) is 0 Å². The van der Waals surface area contributed by atoms with E-state index in [1.165, 1.54) is 18.2 Å². The Kier molecular flexibility index (Phi) is 5.69. The Labute approximate surface area is 145 Å². The molecule has 0 radical (unpaired) electrons. The zero-order valence-corrected chi connectivity index (χ0v) is 14.0. The number of aryl methyl sites for hydroxylation is 1. The molecule has 2 aromatic carbocycles. The first kappa shape index (κ1) is 17.9. The van der Waals surface area contributed by atoms with Crippen molar-refractivity contribution in [2.75, 3.05) is 23.8 Å². The molecule has 0 saturated carbocycles. The molecule has 1 amide bonds. The standard InChI is InChI=1S/C18H18N4O3/c1-3-13-6-4-5-7-16(13)20-18(23)12-21(2)17-9-8-15(22(24)25)10-14(17)11-19/h4-10H,3,12H2,1-2H3,(H,20,23). The van der Waals surface area contributed by atoms with E-state index >= 15 is 0 Å². The fourth-order valence-electron chi connectivity index (χ4n) is 2.50. The Morgan fingerprint density at radius 3 is 2.68 bits per heavy atom. The van der Waals surface area contributed by atoms with E-state index in [9.17, 15) is 20.2 Å². The number of non-ortho nitro benzene ring substituents is 1. The molecule has 0 heterocycles. The molecule has 0 fully saturated rings. The van der Waals surface area contributed by atoms with Gasteiger partial charge in [-0.1, -0.05) is 25.1 Å². The summed E-state index contributed by atoms with van der Waals surface area (Å²) < 4.78 is 0. The predicted molar refractivity (Wildman–Crippen MR) is 95.5 cm³/mol. The van der Waals surface area contributed by atoms with E-state index in [2.05, 4.69) is 5.32 Å². The summed E-state index contributed by atoms with van der Waals surface area (Å²) >= 11 is 0. The summed E-state index contributed by atoms with van der Waals surface area (Å²) in [6.07, 6.45) is 0.799. The number of nitrogens with one attached hydrogen (secondary N) is 1. The summed E-state index contributed by atoms with van der Waals surface area (Å²) in [4.78, 5) is 24.1. The highest BCUT2D eigenvalue weighted by Crippen LogP contribution is 2.24. The molecule has 7 heteroatoms. The van der Waals surface area contributed by atoms with E-state index in [4.69, 9.17) is 0 Å². The molecule has 128 valence electrons. The molecule has 0 unspecified atom stereocenters. The molecule has 25 heavy (non-hydrogen) atoms. The Balaban J connectivity index is 2.14. The number of amides is 1. The Morgan fingerprint density at radius 2 is 2.04 bits per heavy atom. The van der Waals surface area contributed by atoms with Crippen LogP contribution in [0.25, 0.3) is 0 Å². The lowest BCUT2D eigenvalue weighted by Crippen LogP contribution is -2.30. The van der Waals surface area contributed by atoms with Crippen molar-refractivity contribution in [3.05, 3.63) is 63.7 Å². The van der Waals surface area contributed by atoms with Gasteiger partial charge in [0, 0.05) is 24.9 Å². The topological polar surface area (TPSA) is 99.3 Å². The van der Waals surface area contributed by atoms with Gasteiger partial charge < -0.3 is 10.2 Å². The van der Waals surface area contributed by atoms with Gasteiger partial charge in [-0.2, -0.15) is 5.26 Å². The number of carbonyl (C=O) groups excluding carboxylic acids is 1. The maximum absolute atomic E-state index is 12.3. The normalized spacial score (nSPS) is 9.96. The van der Waals surface area contributed by atoms with Crippen LogP contribution < -0.4 is 10.2 Å². The third kappa shape index (κ3) is 4.32. The molecule has 2 rings (SSSR count). The molecule has 0 saturated heterocycles. The van der Waals surface area contributed by atoms with Gasteiger partial charge in [-0.25, -0.2) is 0 Å². The summed E-state index contributed by atoms with van der Waals surface area (Å²) in [5, 5.41) is 22.9. The number of nitro groups is 1. The van der Waals surface area contributed by atoms with Crippen LogP contribution in [0.4, 0.5) is 17.1 Å². The molecular formula is C18H18N4O3.